The molecule has 0 spiro atoms. The third-order valence-electron chi connectivity index (χ3n) is 20.2. The van der Waals surface area contributed by atoms with Gasteiger partial charge in [-0.05, 0) is 122 Å². The van der Waals surface area contributed by atoms with Gasteiger partial charge in [0.25, 0.3) is 0 Å². The van der Waals surface area contributed by atoms with Gasteiger partial charge in [0.15, 0.2) is 9.84 Å². The molecule has 19 N–H and O–H groups in total. The fraction of sp³-hybridized carbons (Fsp3) is 0.889. The number of aliphatic hydroxyl groups is 1. The van der Waals surface area contributed by atoms with Crippen molar-refractivity contribution in [3.05, 3.63) is 0 Å². The molecular weight excluding hydrogens is 1380 g/mol. The van der Waals surface area contributed by atoms with E-state index in [1.54, 1.807) is 0 Å². The molecule has 0 aromatic rings. The predicted molar refractivity (Wildman–Crippen MR) is 434 cm³/mol. The highest BCUT2D eigenvalue weighted by Gasteiger charge is 2.36. The Morgan fingerprint density at radius 1 is 0.280 bits per heavy atom. The van der Waals surface area contributed by atoms with Gasteiger partial charge in [0.2, 0.25) is 53.2 Å². The summed E-state index contributed by atoms with van der Waals surface area (Å²) in [5.41, 5.74) is 28.8. The quantitative estimate of drug-likeness (QED) is 0.0252. The minimum Gasteiger partial charge on any atom is -0.394 e. The van der Waals surface area contributed by atoms with Crippen molar-refractivity contribution in [3.63, 3.8) is 0 Å². The third kappa shape index (κ3) is 58.6. The zero-order chi connectivity index (χ0) is 79.2. The van der Waals surface area contributed by atoms with Gasteiger partial charge in [-0.1, -0.05) is 258 Å². The molecule has 9 amide bonds. The van der Waals surface area contributed by atoms with Crippen LogP contribution in [0.15, 0.2) is 0 Å². The number of hydrogen-bond donors (Lipinski definition) is 14. The van der Waals surface area contributed by atoms with E-state index in [9.17, 15) is 56.7 Å². The van der Waals surface area contributed by atoms with E-state index in [4.69, 9.17) is 28.7 Å². The number of primary amides is 1. The maximum Gasteiger partial charge on any atom is 0.245 e. The Labute approximate surface area is 648 Å². The number of sulfone groups is 1. The molecule has 0 radical (unpaired) electrons. The van der Waals surface area contributed by atoms with E-state index in [2.05, 4.69) is 63.3 Å². The number of nitrogens with two attached hydrogens (primary N) is 5. The lowest BCUT2D eigenvalue weighted by Crippen LogP contribution is -2.60. The van der Waals surface area contributed by atoms with Gasteiger partial charge in [0, 0.05) is 19.4 Å². The normalized spacial score (nSPS) is 13.5. The summed E-state index contributed by atoms with van der Waals surface area (Å²) in [5, 5.41) is 32.0. The molecule has 0 saturated carbocycles. The Morgan fingerprint density at radius 2 is 0.514 bits per heavy atom. The SMILES string of the molecule is CCCCCCCCCCCCCCCCNC(=O)[C@H](CS(=O)(=O)C[C@H](NC(=O)CCCCCCCCCCCCCCC)C(=O)N[C@@H](CO)C(=O)N[C@@H](CCCCN)C(=O)N[C@@H](CCCCN)C(=O)N[C@@H](CCCCN)C(=O)N[C@@H](CCCCN)C(N)=O)NC(=O)CCCCCCCCCCCCCCC. The van der Waals surface area contributed by atoms with Crippen LogP contribution in [0.5, 0.6) is 0 Å². The van der Waals surface area contributed by atoms with Crippen LogP contribution in [0.1, 0.15) is 367 Å². The summed E-state index contributed by atoms with van der Waals surface area (Å²) in [6, 6.07) is -10.1. The molecule has 26 heteroatoms. The van der Waals surface area contributed by atoms with Crippen LogP contribution in [0.4, 0.5) is 0 Å². The van der Waals surface area contributed by atoms with E-state index in [1.807, 2.05) is 0 Å². The second kappa shape index (κ2) is 71.3. The molecule has 0 bridgehead atoms. The van der Waals surface area contributed by atoms with Crippen molar-refractivity contribution < 1.29 is 56.7 Å². The van der Waals surface area contributed by atoms with Crippen LogP contribution < -0.4 is 71.2 Å². The fourth-order valence-electron chi connectivity index (χ4n) is 13.4. The van der Waals surface area contributed by atoms with Crippen LogP contribution in [-0.4, -0.2) is 160 Å². The first-order chi connectivity index (χ1) is 51.8. The monoisotopic (exact) mass is 1540 g/mol. The molecule has 0 heterocycles. The van der Waals surface area contributed by atoms with E-state index in [0.29, 0.717) is 90.1 Å². The molecule has 0 fully saturated rings. The number of carbonyl (C=O) groups is 9. The first-order valence-corrected chi connectivity index (χ1v) is 44.9. The summed E-state index contributed by atoms with van der Waals surface area (Å²) >= 11 is 0. The summed E-state index contributed by atoms with van der Waals surface area (Å²) in [6.07, 6.45) is 48.4. The summed E-state index contributed by atoms with van der Waals surface area (Å²) in [5.74, 6) is -9.03. The molecule has 0 aliphatic heterocycles. The average molecular weight is 1540 g/mol. The zero-order valence-corrected chi connectivity index (χ0v) is 68.4. The Balaban J connectivity index is 6.86. The van der Waals surface area contributed by atoms with Crippen molar-refractivity contribution in [1.29, 1.82) is 0 Å². The first kappa shape index (κ1) is 102. The molecule has 626 valence electrons. The summed E-state index contributed by atoms with van der Waals surface area (Å²) in [4.78, 5) is 125. The van der Waals surface area contributed by atoms with Crippen LogP contribution in [0.3, 0.4) is 0 Å². The van der Waals surface area contributed by atoms with Crippen LogP contribution in [0.25, 0.3) is 0 Å². The second-order valence-electron chi connectivity index (χ2n) is 30.2. The van der Waals surface area contributed by atoms with Crippen LogP contribution in [0, 0.1) is 0 Å². The van der Waals surface area contributed by atoms with Crippen LogP contribution in [-0.2, 0) is 53.0 Å². The minimum atomic E-state index is -4.55. The van der Waals surface area contributed by atoms with E-state index in [-0.39, 0.29) is 58.2 Å². The van der Waals surface area contributed by atoms with E-state index >= 15 is 0 Å². The van der Waals surface area contributed by atoms with Gasteiger partial charge in [-0.2, -0.15) is 0 Å². The Hall–Kier alpha value is -5.02. The minimum absolute atomic E-state index is 0.0268. The smallest absolute Gasteiger partial charge is 0.245 e. The number of amides is 9. The van der Waals surface area contributed by atoms with Crippen molar-refractivity contribution in [3.8, 4) is 0 Å². The van der Waals surface area contributed by atoms with Gasteiger partial charge >= 0.3 is 0 Å². The highest BCUT2D eigenvalue weighted by Crippen LogP contribution is 2.18. The summed E-state index contributed by atoms with van der Waals surface area (Å²) in [7, 11) is -4.55. The first-order valence-electron chi connectivity index (χ1n) is 43.1. The van der Waals surface area contributed by atoms with Crippen molar-refractivity contribution in [2.75, 3.05) is 50.8 Å². The lowest BCUT2D eigenvalue weighted by atomic mass is 10.0. The lowest BCUT2D eigenvalue weighted by molar-refractivity contribution is -0.136. The van der Waals surface area contributed by atoms with Gasteiger partial charge < -0.3 is 76.3 Å². The summed E-state index contributed by atoms with van der Waals surface area (Å²) in [6.45, 7) is 7.04. The maximum absolute atomic E-state index is 14.6. The number of rotatable bonds is 78. The number of unbranched alkanes of at least 4 members (excludes halogenated alkanes) is 41. The molecule has 0 aliphatic carbocycles. The number of nitrogens with one attached hydrogen (secondary N) is 8. The summed E-state index contributed by atoms with van der Waals surface area (Å²) < 4.78 is 29.2. The fourth-order valence-corrected chi connectivity index (χ4v) is 15.0. The van der Waals surface area contributed by atoms with Gasteiger partial charge in [-0.25, -0.2) is 8.42 Å². The molecule has 7 atom stereocenters. The standard InChI is InChI=1S/C81H159N13O12S/c1-4-7-10-13-16-19-22-25-28-31-34-37-40-51-62-87-76(99)71(88-73(96)56-41-38-35-32-29-26-23-20-17-14-11-8-5-2)64-107(105,106)65-72(89-74(97)57-42-39-36-33-30-27-24-21-18-15-12-9-6-3)81(104)94-70(63-95)80(103)93-69(55-46-50-61-85)79(102)92-68(54-45-49-60-84)78(101)91-67(53-44-48-59-83)77(100)90-66(75(86)98)52-43-47-58-82/h66-72,95H,4-65,82-85H2,1-3H3,(H2,86,98)(H,87,99)(H,88,96)(H,89,97)(H,90,100)(H,91,101)(H,92,102)(H,93,103)(H,94,104)/t66-,67-,68-,69-,70-,71-,72-/m0/s1. The molecule has 0 aromatic heterocycles. The lowest BCUT2D eigenvalue weighted by Gasteiger charge is -2.27. The average Bonchev–Trinajstić information content (AvgIpc) is 0.878. The largest absolute Gasteiger partial charge is 0.394 e. The molecule has 0 rings (SSSR count). The predicted octanol–water partition coefficient (Wildman–Crippen LogP) is 10.3. The highest BCUT2D eigenvalue weighted by molar-refractivity contribution is 7.91. The molecule has 0 aliphatic rings. The van der Waals surface area contributed by atoms with E-state index in [0.717, 1.165) is 77.0 Å². The van der Waals surface area contributed by atoms with E-state index < -0.39 is 123 Å². The Bertz CT molecular complexity index is 2400. The molecule has 107 heavy (non-hydrogen) atoms. The molecular formula is C81H159N13O12S. The van der Waals surface area contributed by atoms with Crippen molar-refractivity contribution in [1.82, 2.24) is 42.5 Å². The zero-order valence-electron chi connectivity index (χ0n) is 67.6. The molecule has 0 aromatic carbocycles. The van der Waals surface area contributed by atoms with Crippen LogP contribution in [0.2, 0.25) is 0 Å². The Morgan fingerprint density at radius 3 is 0.794 bits per heavy atom. The van der Waals surface area contributed by atoms with Gasteiger partial charge in [0.1, 0.15) is 42.3 Å². The van der Waals surface area contributed by atoms with Gasteiger partial charge in [-0.3, -0.25) is 43.2 Å². The molecule has 0 saturated heterocycles. The highest BCUT2D eigenvalue weighted by atomic mass is 32.2. The van der Waals surface area contributed by atoms with Crippen molar-refractivity contribution >= 4 is 63.0 Å². The van der Waals surface area contributed by atoms with Crippen LogP contribution >= 0.6 is 0 Å². The topological polar surface area (TPSA) is 434 Å². The number of carbonyl (C=O) groups excluding carboxylic acids is 9. The Kier molecular flexibility index (Phi) is 68.0. The molecule has 25 nitrogen and oxygen atoms in total. The van der Waals surface area contributed by atoms with E-state index in [1.165, 1.54) is 154 Å². The van der Waals surface area contributed by atoms with Crippen molar-refractivity contribution in [2.45, 2.75) is 410 Å². The van der Waals surface area contributed by atoms with Gasteiger partial charge in [0.05, 0.1) is 18.1 Å². The number of hydrogen-bond acceptors (Lipinski definition) is 16. The van der Waals surface area contributed by atoms with Crippen molar-refractivity contribution in [2.24, 2.45) is 28.7 Å². The number of aliphatic hydroxyl groups excluding tert-OH is 1. The maximum atomic E-state index is 14.6. The third-order valence-corrected chi connectivity index (χ3v) is 21.8. The molecule has 0 unspecified atom stereocenters. The van der Waals surface area contributed by atoms with Gasteiger partial charge in [-0.15, -0.1) is 0 Å². The second-order valence-corrected chi connectivity index (χ2v) is 32.4.